The highest BCUT2D eigenvalue weighted by molar-refractivity contribution is 5.95. The van der Waals surface area contributed by atoms with Crippen molar-refractivity contribution in [2.24, 2.45) is 7.05 Å². The molecule has 0 saturated heterocycles. The van der Waals surface area contributed by atoms with Gasteiger partial charge in [-0.15, -0.1) is 0 Å². The highest BCUT2D eigenvalue weighted by Gasteiger charge is 2.19. The third kappa shape index (κ3) is 3.99. The molecule has 3 N–H and O–H groups in total. The Morgan fingerprint density at radius 1 is 1.06 bits per heavy atom. The Labute approximate surface area is 196 Å². The zero-order valence-electron chi connectivity index (χ0n) is 18.9. The molecule has 9 heteroatoms. The van der Waals surface area contributed by atoms with Crippen LogP contribution in [-0.2, 0) is 13.5 Å². The first kappa shape index (κ1) is 21.3. The molecule has 0 aliphatic carbocycles. The molecule has 0 spiro atoms. The Kier molecular flexibility index (Phi) is 5.51. The fourth-order valence-electron chi connectivity index (χ4n) is 3.97. The molecule has 34 heavy (non-hydrogen) atoms. The molecule has 2 aromatic carbocycles. The number of fused-ring (bicyclic) bond motifs is 1. The van der Waals surface area contributed by atoms with E-state index < -0.39 is 0 Å². The van der Waals surface area contributed by atoms with Crippen LogP contribution in [-0.4, -0.2) is 35.2 Å². The number of carbonyl (C=O) groups is 1. The number of nitrogens with one attached hydrogen (secondary N) is 1. The number of hydrogen-bond donors (Lipinski definition) is 2. The average molecular weight is 453 g/mol. The summed E-state index contributed by atoms with van der Waals surface area (Å²) in [5, 5.41) is 7.41. The van der Waals surface area contributed by atoms with Gasteiger partial charge in [0.2, 0.25) is 0 Å². The maximum atomic E-state index is 13.1. The van der Waals surface area contributed by atoms with Gasteiger partial charge in [0.05, 0.1) is 23.5 Å². The molecule has 170 valence electrons. The molecule has 3 heterocycles. The topological polar surface area (TPSA) is 117 Å². The summed E-state index contributed by atoms with van der Waals surface area (Å²) in [6.07, 6.45) is 5.36. The van der Waals surface area contributed by atoms with E-state index in [4.69, 9.17) is 5.73 Å². The van der Waals surface area contributed by atoms with Crippen molar-refractivity contribution in [3.05, 3.63) is 95.8 Å². The van der Waals surface area contributed by atoms with Crippen LogP contribution in [0.1, 0.15) is 40.1 Å². The van der Waals surface area contributed by atoms with E-state index in [1.807, 2.05) is 73.1 Å². The molecule has 0 bridgehead atoms. The third-order valence-electron chi connectivity index (χ3n) is 5.90. The normalized spacial score (nSPS) is 12.1. The maximum Gasteiger partial charge on any atom is 0.255 e. The predicted octanol–water partition coefficient (Wildman–Crippen LogP) is 3.21. The van der Waals surface area contributed by atoms with Crippen LogP contribution in [0.5, 0.6) is 0 Å². The quantitative estimate of drug-likeness (QED) is 0.409. The van der Waals surface area contributed by atoms with E-state index in [9.17, 15) is 4.79 Å². The first-order valence-electron chi connectivity index (χ1n) is 10.9. The van der Waals surface area contributed by atoms with E-state index in [2.05, 4.69) is 25.4 Å². The van der Waals surface area contributed by atoms with Gasteiger partial charge in [0.1, 0.15) is 12.7 Å². The van der Waals surface area contributed by atoms with E-state index in [1.165, 1.54) is 6.33 Å². The number of aromatic nitrogens is 6. The first-order valence-corrected chi connectivity index (χ1v) is 10.9. The van der Waals surface area contributed by atoms with Crippen LogP contribution in [0.2, 0.25) is 0 Å². The van der Waals surface area contributed by atoms with Gasteiger partial charge in [0, 0.05) is 19.2 Å². The predicted molar refractivity (Wildman–Crippen MR) is 129 cm³/mol. The van der Waals surface area contributed by atoms with Crippen LogP contribution in [0.25, 0.3) is 16.9 Å². The number of nitrogen functional groups attached to an aromatic ring is 1. The van der Waals surface area contributed by atoms with Crippen LogP contribution in [0.15, 0.2) is 73.4 Å². The highest BCUT2D eigenvalue weighted by atomic mass is 16.1. The van der Waals surface area contributed by atoms with Gasteiger partial charge in [-0.05, 0) is 30.2 Å². The van der Waals surface area contributed by atoms with E-state index in [1.54, 1.807) is 17.2 Å². The molecule has 9 nitrogen and oxygen atoms in total. The smallest absolute Gasteiger partial charge is 0.255 e. The van der Waals surface area contributed by atoms with Gasteiger partial charge < -0.3 is 11.1 Å². The molecule has 0 aliphatic heterocycles. The lowest BCUT2D eigenvalue weighted by Gasteiger charge is -2.15. The summed E-state index contributed by atoms with van der Waals surface area (Å²) in [5.41, 5.74) is 11.5. The molecule has 3 aromatic heterocycles. The van der Waals surface area contributed by atoms with E-state index in [0.29, 0.717) is 29.0 Å². The summed E-state index contributed by atoms with van der Waals surface area (Å²) < 4.78 is 3.61. The largest absolute Gasteiger partial charge is 0.382 e. The molecule has 5 rings (SSSR count). The summed E-state index contributed by atoms with van der Waals surface area (Å²) in [6.45, 7) is 1.96. The minimum Gasteiger partial charge on any atom is -0.382 e. The van der Waals surface area contributed by atoms with Crippen LogP contribution in [0.3, 0.4) is 0 Å². The number of rotatable bonds is 6. The number of nitrogens with zero attached hydrogens (tertiary/aromatic N) is 6. The maximum absolute atomic E-state index is 13.1. The summed E-state index contributed by atoms with van der Waals surface area (Å²) >= 11 is 0. The number of anilines is 1. The van der Waals surface area contributed by atoms with Gasteiger partial charge in [-0.1, -0.05) is 42.5 Å². The Hall–Kier alpha value is -4.53. The second-order valence-electron chi connectivity index (χ2n) is 8.12. The van der Waals surface area contributed by atoms with Crippen LogP contribution in [0, 0.1) is 0 Å². The molecule has 0 saturated carbocycles. The molecule has 1 amide bonds. The van der Waals surface area contributed by atoms with Crippen molar-refractivity contribution >= 4 is 22.9 Å². The minimum absolute atomic E-state index is 0.150. The lowest BCUT2D eigenvalue weighted by molar-refractivity contribution is 0.0939. The van der Waals surface area contributed by atoms with Gasteiger partial charge in [-0.25, -0.2) is 15.0 Å². The summed E-state index contributed by atoms with van der Waals surface area (Å²) in [5.74, 6) is 0.196. The lowest BCUT2D eigenvalue weighted by atomic mass is 10.0. The third-order valence-corrected chi connectivity index (χ3v) is 5.90. The van der Waals surface area contributed by atoms with E-state index >= 15 is 0 Å². The fourth-order valence-corrected chi connectivity index (χ4v) is 3.97. The Morgan fingerprint density at radius 2 is 1.82 bits per heavy atom. The number of nitrogens with two attached hydrogens (primary N) is 1. The molecule has 0 unspecified atom stereocenters. The van der Waals surface area contributed by atoms with E-state index in [0.717, 1.165) is 22.5 Å². The van der Waals surface area contributed by atoms with Crippen LogP contribution in [0.4, 0.5) is 5.82 Å². The van der Waals surface area contributed by atoms with Gasteiger partial charge in [-0.3, -0.25) is 14.0 Å². The van der Waals surface area contributed by atoms with Gasteiger partial charge in [0.15, 0.2) is 17.0 Å². The summed E-state index contributed by atoms with van der Waals surface area (Å²) in [4.78, 5) is 25.7. The molecular formula is C25H24N8O. The van der Waals surface area contributed by atoms with Gasteiger partial charge in [0.25, 0.3) is 5.91 Å². The Bertz CT molecular complexity index is 1450. The molecule has 5 aromatic rings. The van der Waals surface area contributed by atoms with Crippen molar-refractivity contribution in [1.29, 1.82) is 0 Å². The number of hydrogen-bond acceptors (Lipinski definition) is 6. The monoisotopic (exact) mass is 452 g/mol. The number of amides is 1. The van der Waals surface area contributed by atoms with Crippen molar-refractivity contribution < 1.29 is 4.79 Å². The molecule has 0 aliphatic rings. The Balaban J connectivity index is 1.33. The second-order valence-corrected chi connectivity index (χ2v) is 8.12. The van der Waals surface area contributed by atoms with Gasteiger partial charge >= 0.3 is 0 Å². The van der Waals surface area contributed by atoms with Crippen molar-refractivity contribution in [1.82, 2.24) is 34.6 Å². The minimum atomic E-state index is -0.191. The van der Waals surface area contributed by atoms with Crippen molar-refractivity contribution in [2.75, 3.05) is 5.73 Å². The Morgan fingerprint density at radius 3 is 2.59 bits per heavy atom. The van der Waals surface area contributed by atoms with Crippen LogP contribution < -0.4 is 11.1 Å². The summed E-state index contributed by atoms with van der Waals surface area (Å²) in [6, 6.07) is 17.7. The first-order chi connectivity index (χ1) is 16.5. The number of aryl methyl sites for hydroxylation is 1. The van der Waals surface area contributed by atoms with Crippen molar-refractivity contribution in [2.45, 2.75) is 19.4 Å². The number of benzene rings is 2. The van der Waals surface area contributed by atoms with Crippen LogP contribution >= 0.6 is 0 Å². The fraction of sp³-hybridized carbons (Fsp3) is 0.160. The molecule has 0 fully saturated rings. The zero-order valence-corrected chi connectivity index (χ0v) is 18.9. The standard InChI is InChI=1S/C25H24N8O/c1-16(31-25(34)20-13-30-32(2)21(20)12-17-6-4-3-5-7-17)18-8-10-19(11-9-18)33-15-29-22-23(26)27-14-28-24(22)33/h3-11,13-16H,12H2,1-2H3,(H,31,34)(H2,26,27,28)/t16-/m1/s1. The van der Waals surface area contributed by atoms with Gasteiger partial charge in [-0.2, -0.15) is 5.10 Å². The number of carbonyl (C=O) groups excluding carboxylic acids is 1. The summed E-state index contributed by atoms with van der Waals surface area (Å²) in [7, 11) is 1.86. The number of imidazole rings is 1. The van der Waals surface area contributed by atoms with E-state index in [-0.39, 0.29) is 11.9 Å². The second kappa shape index (κ2) is 8.78. The highest BCUT2D eigenvalue weighted by Crippen LogP contribution is 2.22. The molecule has 1 atom stereocenters. The average Bonchev–Trinajstić information content (AvgIpc) is 3.45. The lowest BCUT2D eigenvalue weighted by Crippen LogP contribution is -2.27. The van der Waals surface area contributed by atoms with Crippen molar-refractivity contribution in [3.63, 3.8) is 0 Å². The zero-order chi connectivity index (χ0) is 23.7. The molecular weight excluding hydrogens is 428 g/mol. The SMILES string of the molecule is C[C@@H](NC(=O)c1cnn(C)c1Cc1ccccc1)c1ccc(-n2cnc3c(N)ncnc32)cc1. The molecule has 0 radical (unpaired) electrons. The van der Waals surface area contributed by atoms with Crippen molar-refractivity contribution in [3.8, 4) is 5.69 Å².